The molecule has 33 heavy (non-hydrogen) atoms. The highest BCUT2D eigenvalue weighted by atomic mass is 16.5. The van der Waals surface area contributed by atoms with Crippen molar-refractivity contribution in [2.24, 2.45) is 0 Å². The molecule has 3 aromatic rings. The molecule has 0 radical (unpaired) electrons. The van der Waals surface area contributed by atoms with Crippen LogP contribution in [0.2, 0.25) is 0 Å². The van der Waals surface area contributed by atoms with Crippen molar-refractivity contribution < 1.29 is 24.6 Å². The zero-order valence-electron chi connectivity index (χ0n) is 19.5. The highest BCUT2D eigenvalue weighted by Gasteiger charge is 2.32. The van der Waals surface area contributed by atoms with Crippen molar-refractivity contribution in [2.75, 3.05) is 20.8 Å². The van der Waals surface area contributed by atoms with E-state index in [4.69, 9.17) is 14.2 Å². The van der Waals surface area contributed by atoms with E-state index in [1.165, 1.54) is 5.56 Å². The van der Waals surface area contributed by atoms with Crippen molar-refractivity contribution in [3.63, 3.8) is 0 Å². The van der Waals surface area contributed by atoms with Gasteiger partial charge >= 0.3 is 0 Å². The molecule has 6 heteroatoms. The van der Waals surface area contributed by atoms with Gasteiger partial charge in [0.05, 0.1) is 32.0 Å². The number of ether oxygens (including phenoxy) is 3. The quantitative estimate of drug-likeness (QED) is 0.509. The molecule has 1 aliphatic heterocycles. The summed E-state index contributed by atoms with van der Waals surface area (Å²) in [7, 11) is 3.32. The number of methoxy groups -OCH3 is 2. The molecule has 172 valence electrons. The molecule has 4 rings (SSSR count). The van der Waals surface area contributed by atoms with Gasteiger partial charge in [0.2, 0.25) is 0 Å². The SMILES string of the molecule is CCOc1cccc(C2C=C(c3ccc(C)cc3)NC(c3cc(OC)ccc3OC)[NH2+]2)c1O. The van der Waals surface area contributed by atoms with Crippen LogP contribution < -0.4 is 24.8 Å². The largest absolute Gasteiger partial charge is 0.504 e. The maximum atomic E-state index is 11.0. The van der Waals surface area contributed by atoms with E-state index in [2.05, 4.69) is 47.9 Å². The first-order valence-electron chi connectivity index (χ1n) is 11.1. The van der Waals surface area contributed by atoms with E-state index >= 15 is 0 Å². The topological polar surface area (TPSA) is 76.6 Å². The first-order valence-corrected chi connectivity index (χ1v) is 11.1. The lowest BCUT2D eigenvalue weighted by Gasteiger charge is -2.31. The molecule has 0 bridgehead atoms. The second kappa shape index (κ2) is 9.88. The fraction of sp³-hybridized carbons (Fsp3) is 0.259. The molecule has 0 spiro atoms. The summed E-state index contributed by atoms with van der Waals surface area (Å²) in [5.41, 5.74) is 5.01. The number of nitrogens with one attached hydrogen (secondary N) is 1. The molecule has 0 fully saturated rings. The van der Waals surface area contributed by atoms with Gasteiger partial charge in [-0.1, -0.05) is 35.9 Å². The van der Waals surface area contributed by atoms with Gasteiger partial charge < -0.3 is 30.0 Å². The molecule has 6 nitrogen and oxygen atoms in total. The van der Waals surface area contributed by atoms with Gasteiger partial charge in [-0.25, -0.2) is 0 Å². The Morgan fingerprint density at radius 2 is 1.73 bits per heavy atom. The molecule has 4 N–H and O–H groups in total. The second-order valence-electron chi connectivity index (χ2n) is 8.02. The van der Waals surface area contributed by atoms with E-state index in [1.54, 1.807) is 20.3 Å². The van der Waals surface area contributed by atoms with Crippen molar-refractivity contribution >= 4 is 5.70 Å². The van der Waals surface area contributed by atoms with Crippen LogP contribution in [0.3, 0.4) is 0 Å². The van der Waals surface area contributed by atoms with Gasteiger partial charge in [-0.05, 0) is 49.7 Å². The van der Waals surface area contributed by atoms with Crippen LogP contribution in [0.5, 0.6) is 23.0 Å². The predicted molar refractivity (Wildman–Crippen MR) is 129 cm³/mol. The molecule has 2 unspecified atom stereocenters. The van der Waals surface area contributed by atoms with Crippen molar-refractivity contribution in [3.05, 3.63) is 89.0 Å². The minimum atomic E-state index is -0.170. The zero-order valence-corrected chi connectivity index (χ0v) is 19.5. The minimum absolute atomic E-state index is 0.149. The van der Waals surface area contributed by atoms with Crippen molar-refractivity contribution in [2.45, 2.75) is 26.1 Å². The van der Waals surface area contributed by atoms with Gasteiger partial charge in [-0.15, -0.1) is 0 Å². The van der Waals surface area contributed by atoms with Crippen LogP contribution in [0.4, 0.5) is 0 Å². The molecule has 0 amide bonds. The van der Waals surface area contributed by atoms with Gasteiger partial charge in [-0.2, -0.15) is 0 Å². The maximum Gasteiger partial charge on any atom is 0.190 e. The Labute approximate surface area is 194 Å². The first kappa shape index (κ1) is 22.6. The number of para-hydroxylation sites is 1. The third-order valence-electron chi connectivity index (χ3n) is 5.88. The third-order valence-corrected chi connectivity index (χ3v) is 5.88. The Bertz CT molecular complexity index is 1140. The monoisotopic (exact) mass is 447 g/mol. The van der Waals surface area contributed by atoms with Gasteiger partial charge in [0, 0.05) is 11.8 Å². The zero-order chi connectivity index (χ0) is 23.4. The molecular weight excluding hydrogens is 416 g/mol. The number of hydrogen-bond donors (Lipinski definition) is 3. The lowest BCUT2D eigenvalue weighted by Crippen LogP contribution is -2.89. The van der Waals surface area contributed by atoms with Crippen molar-refractivity contribution in [1.29, 1.82) is 0 Å². The van der Waals surface area contributed by atoms with E-state index in [-0.39, 0.29) is 18.0 Å². The molecule has 2 atom stereocenters. The van der Waals surface area contributed by atoms with Gasteiger partial charge in [0.15, 0.2) is 17.7 Å². The lowest BCUT2D eigenvalue weighted by atomic mass is 9.97. The summed E-state index contributed by atoms with van der Waals surface area (Å²) in [5.74, 6) is 2.17. The maximum absolute atomic E-state index is 11.0. The lowest BCUT2D eigenvalue weighted by molar-refractivity contribution is -0.731. The summed E-state index contributed by atoms with van der Waals surface area (Å²) in [6.07, 6.45) is 1.97. The Balaban J connectivity index is 1.80. The van der Waals surface area contributed by atoms with Gasteiger partial charge in [0.1, 0.15) is 17.5 Å². The molecular formula is C27H31N2O4+. The van der Waals surface area contributed by atoms with Gasteiger partial charge in [0.25, 0.3) is 0 Å². The number of phenols is 1. The molecule has 0 aromatic heterocycles. The number of hydrogen-bond acceptors (Lipinski definition) is 5. The Morgan fingerprint density at radius 1 is 0.939 bits per heavy atom. The Hall–Kier alpha value is -3.64. The van der Waals surface area contributed by atoms with Crippen LogP contribution in [-0.4, -0.2) is 25.9 Å². The fourth-order valence-corrected chi connectivity index (χ4v) is 4.16. The van der Waals surface area contributed by atoms with E-state index in [0.29, 0.717) is 12.4 Å². The second-order valence-corrected chi connectivity index (χ2v) is 8.02. The van der Waals surface area contributed by atoms with E-state index in [0.717, 1.165) is 33.9 Å². The smallest absolute Gasteiger partial charge is 0.190 e. The standard InChI is InChI=1S/C27H30N2O4/c1-5-33-25-8-6-7-20(26(25)30)23-16-22(18-11-9-17(2)10-12-18)28-27(29-23)21-15-19(31-3)13-14-24(21)32-4/h6-16,23,27-30H,5H2,1-4H3/p+1. The predicted octanol–water partition coefficient (Wildman–Crippen LogP) is 4.06. The highest BCUT2D eigenvalue weighted by Crippen LogP contribution is 2.36. The summed E-state index contributed by atoms with van der Waals surface area (Å²) in [4.78, 5) is 0. The Morgan fingerprint density at radius 3 is 2.42 bits per heavy atom. The summed E-state index contributed by atoms with van der Waals surface area (Å²) in [6, 6.07) is 19.7. The molecule has 0 aliphatic carbocycles. The van der Waals surface area contributed by atoms with E-state index in [9.17, 15) is 5.11 Å². The van der Waals surface area contributed by atoms with Crippen LogP contribution >= 0.6 is 0 Å². The number of benzene rings is 3. The van der Waals surface area contributed by atoms with Crippen LogP contribution in [0.1, 0.15) is 41.4 Å². The number of rotatable bonds is 7. The van der Waals surface area contributed by atoms with Crippen LogP contribution in [0, 0.1) is 6.92 Å². The molecule has 0 saturated heterocycles. The van der Waals surface area contributed by atoms with E-state index < -0.39 is 0 Å². The normalized spacial score (nSPS) is 17.6. The third kappa shape index (κ3) is 4.76. The summed E-state index contributed by atoms with van der Waals surface area (Å²) in [5, 5.41) is 16.8. The molecule has 1 heterocycles. The fourth-order valence-electron chi connectivity index (χ4n) is 4.16. The average Bonchev–Trinajstić information content (AvgIpc) is 2.85. The molecule has 3 aromatic carbocycles. The summed E-state index contributed by atoms with van der Waals surface area (Å²) in [6.45, 7) is 4.47. The first-order chi connectivity index (χ1) is 16.0. The highest BCUT2D eigenvalue weighted by molar-refractivity contribution is 5.66. The van der Waals surface area contributed by atoms with Crippen LogP contribution in [0.15, 0.2) is 66.7 Å². The van der Waals surface area contributed by atoms with Crippen molar-refractivity contribution in [1.82, 2.24) is 5.32 Å². The molecule has 0 saturated carbocycles. The van der Waals surface area contributed by atoms with Crippen LogP contribution in [-0.2, 0) is 0 Å². The number of quaternary nitrogens is 1. The minimum Gasteiger partial charge on any atom is -0.504 e. The number of phenolic OH excluding ortho intramolecular Hbond substituents is 1. The van der Waals surface area contributed by atoms with Gasteiger partial charge in [-0.3, -0.25) is 0 Å². The number of nitrogens with two attached hydrogens (primary N) is 1. The summed E-state index contributed by atoms with van der Waals surface area (Å²) >= 11 is 0. The molecule has 1 aliphatic rings. The van der Waals surface area contributed by atoms with Crippen molar-refractivity contribution in [3.8, 4) is 23.0 Å². The average molecular weight is 448 g/mol. The van der Waals surface area contributed by atoms with E-state index in [1.807, 2.05) is 37.3 Å². The Kier molecular flexibility index (Phi) is 6.75. The number of aromatic hydroxyl groups is 1. The summed E-state index contributed by atoms with van der Waals surface area (Å²) < 4.78 is 16.8. The number of aryl methyl sites for hydroxylation is 1. The van der Waals surface area contributed by atoms with Crippen LogP contribution in [0.25, 0.3) is 5.70 Å².